The molecule has 0 aliphatic carbocycles. The minimum absolute atomic E-state index is 0.0818. The Labute approximate surface area is 229 Å². The first-order chi connectivity index (χ1) is 17.5. The molecule has 0 amide bonds. The van der Waals surface area contributed by atoms with Gasteiger partial charge in [0.05, 0.1) is 30.7 Å². The zero-order valence-electron chi connectivity index (χ0n) is 22.1. The van der Waals surface area contributed by atoms with E-state index in [4.69, 9.17) is 13.8 Å². The molecule has 0 saturated carbocycles. The van der Waals surface area contributed by atoms with Crippen LogP contribution in [0.2, 0.25) is 0 Å². The maximum absolute atomic E-state index is 13.5. The second-order valence-corrected chi connectivity index (χ2v) is 14.1. The number of carbonyl (C=O) groups excluding carboxylic acids is 2. The molecule has 6 atom stereocenters. The van der Waals surface area contributed by atoms with Crippen LogP contribution in [0, 0.1) is 5.41 Å². The standard InChI is InChI=1S/C22H36N3O10PS2/c1-12(2)35-19(29)13(3)24-36(32,33-9-10-37-20(30)22(4,5)6)34-11-14-16(27)17(28)18(38-14)25-8-7-15(26)23-21(25)31/h7-8,12-14,16-18,27-28H,9-11H2,1-6H3,(H,24,32)(H,23,26,31)/t13?,14-,16-,17-,18-,36?/m1/s1. The predicted octanol–water partition coefficient (Wildman–Crippen LogP) is 1.25. The van der Waals surface area contributed by atoms with Gasteiger partial charge in [-0.15, -0.1) is 11.8 Å². The second kappa shape index (κ2) is 13.8. The zero-order valence-corrected chi connectivity index (χ0v) is 24.6. The minimum atomic E-state index is -4.18. The van der Waals surface area contributed by atoms with Crippen LogP contribution in [0.4, 0.5) is 0 Å². The van der Waals surface area contributed by atoms with Crippen LogP contribution in [-0.4, -0.2) is 79.4 Å². The number of rotatable bonds is 12. The van der Waals surface area contributed by atoms with Gasteiger partial charge in [-0.3, -0.25) is 33.0 Å². The van der Waals surface area contributed by atoms with Gasteiger partial charge >= 0.3 is 19.4 Å². The van der Waals surface area contributed by atoms with Gasteiger partial charge in [0.25, 0.3) is 5.56 Å². The van der Waals surface area contributed by atoms with Crippen LogP contribution in [0.3, 0.4) is 0 Å². The highest BCUT2D eigenvalue weighted by molar-refractivity contribution is 8.13. The van der Waals surface area contributed by atoms with E-state index in [2.05, 4.69) is 10.1 Å². The molecule has 0 aromatic carbocycles. The van der Waals surface area contributed by atoms with Crippen LogP contribution in [0.5, 0.6) is 0 Å². The van der Waals surface area contributed by atoms with Gasteiger partial charge in [0.1, 0.15) is 17.5 Å². The lowest BCUT2D eigenvalue weighted by Gasteiger charge is -2.25. The van der Waals surface area contributed by atoms with E-state index < -0.39 is 65.4 Å². The van der Waals surface area contributed by atoms with E-state index in [1.807, 2.05) is 0 Å². The average molecular weight is 598 g/mol. The monoisotopic (exact) mass is 597 g/mol. The van der Waals surface area contributed by atoms with Crippen molar-refractivity contribution in [3.05, 3.63) is 33.1 Å². The molecule has 1 aromatic rings. The molecule has 2 heterocycles. The number of hydrogen-bond donors (Lipinski definition) is 4. The van der Waals surface area contributed by atoms with Gasteiger partial charge in [-0.1, -0.05) is 32.5 Å². The van der Waals surface area contributed by atoms with Crippen molar-refractivity contribution >= 4 is 42.4 Å². The van der Waals surface area contributed by atoms with E-state index in [0.29, 0.717) is 0 Å². The largest absolute Gasteiger partial charge is 0.462 e. The Kier molecular flexibility index (Phi) is 11.9. The second-order valence-electron chi connectivity index (χ2n) is 9.91. The lowest BCUT2D eigenvalue weighted by atomic mass is 10.00. The third kappa shape index (κ3) is 9.33. The van der Waals surface area contributed by atoms with Crippen LogP contribution in [0.15, 0.2) is 21.9 Å². The Morgan fingerprint density at radius 2 is 1.87 bits per heavy atom. The Morgan fingerprint density at radius 3 is 2.45 bits per heavy atom. The molecule has 1 saturated heterocycles. The maximum Gasteiger partial charge on any atom is 0.406 e. The lowest BCUT2D eigenvalue weighted by molar-refractivity contribution is -0.149. The smallest absolute Gasteiger partial charge is 0.406 e. The van der Waals surface area contributed by atoms with Gasteiger partial charge in [0.15, 0.2) is 5.12 Å². The van der Waals surface area contributed by atoms with Gasteiger partial charge in [0.2, 0.25) is 0 Å². The van der Waals surface area contributed by atoms with E-state index in [0.717, 1.165) is 34.2 Å². The summed E-state index contributed by atoms with van der Waals surface area (Å²) in [5, 5.41) is 21.7. The van der Waals surface area contributed by atoms with Crippen molar-refractivity contribution in [3.63, 3.8) is 0 Å². The van der Waals surface area contributed by atoms with Crippen LogP contribution in [-0.2, 0) is 27.9 Å². The van der Waals surface area contributed by atoms with Crippen LogP contribution < -0.4 is 16.3 Å². The molecule has 0 radical (unpaired) electrons. The summed E-state index contributed by atoms with van der Waals surface area (Å²) in [6, 6.07) is 0.0305. The SMILES string of the molecule is CC(C)OC(=O)C(C)NP(=O)(OCCSC(=O)C(C)(C)C)OC[C@H]1S[C@@H](n2ccc(=O)[nH]c2=O)[C@H](O)[C@@H]1O. The van der Waals surface area contributed by atoms with Crippen molar-refractivity contribution in [2.75, 3.05) is 19.0 Å². The molecule has 0 bridgehead atoms. The summed E-state index contributed by atoms with van der Waals surface area (Å²) >= 11 is 1.99. The van der Waals surface area contributed by atoms with Crippen molar-refractivity contribution in [2.45, 2.75) is 76.5 Å². The molecule has 2 rings (SSSR count). The summed E-state index contributed by atoms with van der Waals surface area (Å²) in [7, 11) is -4.18. The van der Waals surface area contributed by atoms with Crippen molar-refractivity contribution in [3.8, 4) is 0 Å². The number of aliphatic hydroxyl groups is 2. The highest BCUT2D eigenvalue weighted by atomic mass is 32.2. The number of nitrogens with one attached hydrogen (secondary N) is 2. The number of nitrogens with zero attached hydrogens (tertiary/aromatic N) is 1. The van der Waals surface area contributed by atoms with E-state index >= 15 is 0 Å². The first kappa shape index (κ1) is 32.8. The number of carbonyl (C=O) groups is 2. The fourth-order valence-electron chi connectivity index (χ4n) is 3.14. The first-order valence-electron chi connectivity index (χ1n) is 11.9. The molecular weight excluding hydrogens is 561 g/mol. The molecule has 1 aliphatic rings. The number of aromatic nitrogens is 2. The van der Waals surface area contributed by atoms with Crippen LogP contribution in [0.25, 0.3) is 0 Å². The molecule has 2 unspecified atom stereocenters. The quantitative estimate of drug-likeness (QED) is 0.153. The topological polar surface area (TPSA) is 186 Å². The van der Waals surface area contributed by atoms with Crippen LogP contribution in [0.1, 0.15) is 46.9 Å². The third-order valence-electron chi connectivity index (χ3n) is 5.12. The summed E-state index contributed by atoms with van der Waals surface area (Å²) in [6.45, 7) is 9.52. The molecule has 216 valence electrons. The van der Waals surface area contributed by atoms with Gasteiger partial charge < -0.3 is 14.9 Å². The molecule has 1 aromatic heterocycles. The lowest BCUT2D eigenvalue weighted by Crippen LogP contribution is -2.38. The van der Waals surface area contributed by atoms with Gasteiger partial charge in [-0.2, -0.15) is 0 Å². The molecule has 16 heteroatoms. The van der Waals surface area contributed by atoms with Crippen molar-refractivity contribution in [1.29, 1.82) is 0 Å². The Hall–Kier alpha value is -1.45. The number of thioether (sulfide) groups is 2. The molecule has 13 nitrogen and oxygen atoms in total. The van der Waals surface area contributed by atoms with E-state index in [1.54, 1.807) is 34.6 Å². The van der Waals surface area contributed by atoms with Gasteiger partial charge in [-0.25, -0.2) is 14.4 Å². The highest BCUT2D eigenvalue weighted by Crippen LogP contribution is 2.48. The number of ether oxygens (including phenoxy) is 1. The van der Waals surface area contributed by atoms with Crippen LogP contribution >= 0.6 is 31.3 Å². The molecule has 38 heavy (non-hydrogen) atoms. The fraction of sp³-hybridized carbons (Fsp3) is 0.727. The average Bonchev–Trinajstić information content (AvgIpc) is 3.08. The Balaban J connectivity index is 2.11. The number of hydrogen-bond acceptors (Lipinski definition) is 12. The summed E-state index contributed by atoms with van der Waals surface area (Å²) in [4.78, 5) is 50.0. The van der Waals surface area contributed by atoms with E-state index in [-0.39, 0.29) is 24.1 Å². The summed E-state index contributed by atoms with van der Waals surface area (Å²) < 4.78 is 30.8. The summed E-state index contributed by atoms with van der Waals surface area (Å²) in [5.74, 6) is -0.514. The number of aliphatic hydroxyl groups excluding tert-OH is 2. The number of H-pyrrole nitrogens is 1. The number of aromatic amines is 1. The Morgan fingerprint density at radius 1 is 1.21 bits per heavy atom. The Bertz CT molecular complexity index is 1140. The minimum Gasteiger partial charge on any atom is -0.462 e. The zero-order chi connectivity index (χ0) is 28.8. The molecule has 0 spiro atoms. The maximum atomic E-state index is 13.5. The van der Waals surface area contributed by atoms with Crippen molar-refractivity contribution in [2.24, 2.45) is 5.41 Å². The first-order valence-corrected chi connectivity index (χ1v) is 15.4. The molecule has 1 fully saturated rings. The molecular formula is C22H36N3O10PS2. The summed E-state index contributed by atoms with van der Waals surface area (Å²) in [6.07, 6.45) is -1.98. The van der Waals surface area contributed by atoms with E-state index in [1.165, 1.54) is 13.1 Å². The van der Waals surface area contributed by atoms with Crippen molar-refractivity contribution < 1.29 is 38.2 Å². The van der Waals surface area contributed by atoms with E-state index in [9.17, 15) is 34.0 Å². The molecule has 4 N–H and O–H groups in total. The predicted molar refractivity (Wildman–Crippen MR) is 144 cm³/mol. The van der Waals surface area contributed by atoms with Gasteiger partial charge in [-0.05, 0) is 20.8 Å². The fourth-order valence-corrected chi connectivity index (χ4v) is 7.09. The normalized spacial score (nSPS) is 24.2. The number of esters is 1. The summed E-state index contributed by atoms with van der Waals surface area (Å²) in [5.41, 5.74) is -1.95. The third-order valence-corrected chi connectivity index (χ3v) is 9.63. The van der Waals surface area contributed by atoms with Crippen molar-refractivity contribution in [1.82, 2.24) is 14.6 Å². The highest BCUT2D eigenvalue weighted by Gasteiger charge is 2.45. The van der Waals surface area contributed by atoms with Gasteiger partial charge in [0, 0.05) is 23.4 Å². The molecule has 1 aliphatic heterocycles.